The van der Waals surface area contributed by atoms with Gasteiger partial charge in [-0.05, 0) is 74.9 Å². The Morgan fingerprint density at radius 2 is 1.02 bits per heavy atom. The fraction of sp³-hybridized carbons (Fsp3) is 0.412. The highest BCUT2D eigenvalue weighted by Gasteiger charge is 2.28. The summed E-state index contributed by atoms with van der Waals surface area (Å²) in [6.45, 7) is 6.14. The highest BCUT2D eigenvalue weighted by atomic mass is 35.5. The first-order valence-electron chi connectivity index (χ1n) is 15.4. The summed E-state index contributed by atoms with van der Waals surface area (Å²) in [6, 6.07) is 7.10. The maximum absolute atomic E-state index is 12.8. The molecular weight excluding hydrogens is 706 g/mol. The molecule has 252 valence electrons. The Hall–Kier alpha value is -2.69. The normalized spacial score (nSPS) is 16.2. The van der Waals surface area contributed by atoms with Crippen molar-refractivity contribution in [1.82, 2.24) is 9.80 Å². The van der Waals surface area contributed by atoms with Gasteiger partial charge in [-0.15, -0.1) is 0 Å². The van der Waals surface area contributed by atoms with Gasteiger partial charge in [0, 0.05) is 48.1 Å². The van der Waals surface area contributed by atoms with Crippen molar-refractivity contribution in [3.63, 3.8) is 0 Å². The van der Waals surface area contributed by atoms with Gasteiger partial charge >= 0.3 is 11.9 Å². The second-order valence-electron chi connectivity index (χ2n) is 11.0. The lowest BCUT2D eigenvalue weighted by Gasteiger charge is -2.30. The summed E-state index contributed by atoms with van der Waals surface area (Å²) in [5, 5.41) is 1.17. The minimum absolute atomic E-state index is 0.172. The topological polar surface area (TPSA) is 93.2 Å². The van der Waals surface area contributed by atoms with Crippen molar-refractivity contribution in [2.45, 2.75) is 49.3 Å². The molecule has 2 aliphatic heterocycles. The molecule has 0 radical (unpaired) electrons. The number of esters is 2. The molecule has 0 N–H and O–H groups in total. The highest BCUT2D eigenvalue weighted by Crippen LogP contribution is 2.44. The maximum Gasteiger partial charge on any atom is 0.309 e. The lowest BCUT2D eigenvalue weighted by Crippen LogP contribution is -2.39. The molecule has 4 rings (SSSR count). The molecule has 2 aromatic carbocycles. The number of piperidine rings is 2. The second-order valence-corrected chi connectivity index (χ2v) is 13.6. The number of nitrogens with zero attached hydrogens (tertiary/aromatic N) is 2. The van der Waals surface area contributed by atoms with E-state index in [0.717, 1.165) is 0 Å². The molecule has 0 bridgehead atoms. The first-order valence-corrected chi connectivity index (χ1v) is 17.8. The summed E-state index contributed by atoms with van der Waals surface area (Å²) in [7, 11) is 0. The maximum atomic E-state index is 12.8. The number of hydrogen-bond acceptors (Lipinski definition) is 7. The van der Waals surface area contributed by atoms with Crippen LogP contribution < -0.4 is 0 Å². The van der Waals surface area contributed by atoms with Crippen LogP contribution in [0, 0.1) is 11.8 Å². The van der Waals surface area contributed by atoms with Crippen LogP contribution in [0.4, 0.5) is 0 Å². The van der Waals surface area contributed by atoms with Crippen molar-refractivity contribution < 1.29 is 28.7 Å². The SMILES string of the molecule is CCOC(=O)C1CCN(C(=O)/C=C/c2ccc(Sc3ccc(/C=C/C(=O)N4CCC(C(=O)OCC)CC4)c(Cl)c3Cl)c(Cl)c2Cl)CC1. The van der Waals surface area contributed by atoms with Crippen LogP contribution >= 0.6 is 58.2 Å². The second kappa shape index (κ2) is 17.6. The molecule has 0 saturated carbocycles. The standard InChI is InChI=1S/C34H36Cl4N2O6S/c1-3-45-33(43)23-13-17-39(18-14-23)27(41)11-7-21-5-9-25(31(37)29(21)35)47-26-10-6-22(30(36)32(26)38)8-12-28(42)40-19-15-24(16-20-40)34(44)46-4-2/h5-12,23-24H,3-4,13-20H2,1-2H3/b11-7+,12-8+. The van der Waals surface area contributed by atoms with Gasteiger partial charge in [0.1, 0.15) is 0 Å². The Bertz CT molecular complexity index is 1440. The van der Waals surface area contributed by atoms with Crippen molar-refractivity contribution in [3.05, 3.63) is 67.6 Å². The van der Waals surface area contributed by atoms with Gasteiger partial charge < -0.3 is 19.3 Å². The molecule has 0 aromatic heterocycles. The van der Waals surface area contributed by atoms with Gasteiger partial charge in [0.25, 0.3) is 0 Å². The molecule has 2 aliphatic rings. The predicted molar refractivity (Wildman–Crippen MR) is 187 cm³/mol. The van der Waals surface area contributed by atoms with E-state index in [1.54, 1.807) is 60.1 Å². The minimum atomic E-state index is -0.209. The van der Waals surface area contributed by atoms with Crippen LogP contribution in [0.5, 0.6) is 0 Å². The van der Waals surface area contributed by atoms with Crippen molar-refractivity contribution in [1.29, 1.82) is 0 Å². The molecule has 2 heterocycles. The average molecular weight is 743 g/mol. The number of ether oxygens (including phenoxy) is 2. The molecule has 0 unspecified atom stereocenters. The molecule has 13 heteroatoms. The quantitative estimate of drug-likeness (QED) is 0.180. The number of amides is 2. The van der Waals surface area contributed by atoms with E-state index < -0.39 is 0 Å². The predicted octanol–water partition coefficient (Wildman–Crippen LogP) is 8.08. The van der Waals surface area contributed by atoms with Crippen LogP contribution in [-0.2, 0) is 28.7 Å². The number of carbonyl (C=O) groups excluding carboxylic acids is 4. The molecular formula is C34H36Cl4N2O6S. The van der Waals surface area contributed by atoms with Crippen LogP contribution in [0.2, 0.25) is 20.1 Å². The molecule has 2 fully saturated rings. The number of carbonyl (C=O) groups is 4. The lowest BCUT2D eigenvalue weighted by atomic mass is 9.97. The number of hydrogen-bond donors (Lipinski definition) is 0. The van der Waals surface area contributed by atoms with Crippen molar-refractivity contribution in [2.75, 3.05) is 39.4 Å². The van der Waals surface area contributed by atoms with E-state index in [9.17, 15) is 19.2 Å². The summed E-state index contributed by atoms with van der Waals surface area (Å²) < 4.78 is 10.2. The first kappa shape index (κ1) is 37.1. The third-order valence-electron chi connectivity index (χ3n) is 8.04. The van der Waals surface area contributed by atoms with Gasteiger partial charge in [0.15, 0.2) is 0 Å². The zero-order valence-corrected chi connectivity index (χ0v) is 29.9. The zero-order chi connectivity index (χ0) is 34.1. The fourth-order valence-corrected chi connectivity index (χ4v) is 7.39. The summed E-state index contributed by atoms with van der Waals surface area (Å²) >= 11 is 27.7. The zero-order valence-electron chi connectivity index (χ0n) is 26.1. The summed E-state index contributed by atoms with van der Waals surface area (Å²) in [5.41, 5.74) is 1.16. The highest BCUT2D eigenvalue weighted by molar-refractivity contribution is 7.99. The van der Waals surface area contributed by atoms with E-state index in [-0.39, 0.29) is 45.6 Å². The molecule has 8 nitrogen and oxygen atoms in total. The molecule has 2 saturated heterocycles. The van der Waals surface area contributed by atoms with Crippen molar-refractivity contribution in [2.24, 2.45) is 11.8 Å². The Balaban J connectivity index is 1.35. The third-order valence-corrected chi connectivity index (χ3v) is 11.2. The van der Waals surface area contributed by atoms with E-state index in [0.29, 0.717) is 96.0 Å². The van der Waals surface area contributed by atoms with Gasteiger partial charge in [-0.25, -0.2) is 0 Å². The monoisotopic (exact) mass is 740 g/mol. The molecule has 2 amide bonds. The van der Waals surface area contributed by atoms with Gasteiger partial charge in [-0.2, -0.15) is 0 Å². The van der Waals surface area contributed by atoms with Crippen molar-refractivity contribution >= 4 is 94.1 Å². The number of likely N-dealkylation sites (tertiary alicyclic amines) is 2. The summed E-state index contributed by atoms with van der Waals surface area (Å²) in [6.07, 6.45) is 8.42. The largest absolute Gasteiger partial charge is 0.466 e. The summed E-state index contributed by atoms with van der Waals surface area (Å²) in [5.74, 6) is -1.12. The Labute approximate surface area is 299 Å². The molecule has 0 spiro atoms. The molecule has 0 atom stereocenters. The Kier molecular flexibility index (Phi) is 13.9. The lowest BCUT2D eigenvalue weighted by molar-refractivity contribution is -0.151. The van der Waals surface area contributed by atoms with Crippen LogP contribution in [0.3, 0.4) is 0 Å². The van der Waals surface area contributed by atoms with Gasteiger partial charge in [0.05, 0.1) is 45.1 Å². The van der Waals surface area contributed by atoms with E-state index >= 15 is 0 Å². The first-order chi connectivity index (χ1) is 22.5. The Morgan fingerprint density at radius 1 is 0.660 bits per heavy atom. The van der Waals surface area contributed by atoms with Crippen LogP contribution in [0.1, 0.15) is 50.7 Å². The van der Waals surface area contributed by atoms with E-state index in [1.807, 2.05) is 0 Å². The van der Waals surface area contributed by atoms with Gasteiger partial charge in [-0.3, -0.25) is 19.2 Å². The van der Waals surface area contributed by atoms with Crippen LogP contribution in [0.25, 0.3) is 12.2 Å². The number of benzene rings is 2. The van der Waals surface area contributed by atoms with E-state index in [4.69, 9.17) is 55.9 Å². The van der Waals surface area contributed by atoms with Crippen LogP contribution in [-0.4, -0.2) is 72.9 Å². The smallest absolute Gasteiger partial charge is 0.309 e. The average Bonchev–Trinajstić information content (AvgIpc) is 3.08. The molecule has 2 aromatic rings. The van der Waals surface area contributed by atoms with Crippen molar-refractivity contribution in [3.8, 4) is 0 Å². The third kappa shape index (κ3) is 9.70. The minimum Gasteiger partial charge on any atom is -0.466 e. The van der Waals surface area contributed by atoms with Crippen LogP contribution in [0.15, 0.2) is 46.2 Å². The van der Waals surface area contributed by atoms with Gasteiger partial charge in [0.2, 0.25) is 11.8 Å². The van der Waals surface area contributed by atoms with Gasteiger partial charge in [-0.1, -0.05) is 70.3 Å². The molecule has 47 heavy (non-hydrogen) atoms. The number of halogens is 4. The fourth-order valence-electron chi connectivity index (χ4n) is 5.35. The Morgan fingerprint density at radius 3 is 1.36 bits per heavy atom. The van der Waals surface area contributed by atoms with E-state index in [2.05, 4.69) is 0 Å². The number of rotatable bonds is 10. The van der Waals surface area contributed by atoms with E-state index in [1.165, 1.54) is 23.9 Å². The summed E-state index contributed by atoms with van der Waals surface area (Å²) in [4.78, 5) is 54.2. The molecule has 0 aliphatic carbocycles.